The monoisotopic (exact) mass is 570 g/mol. The lowest BCUT2D eigenvalue weighted by Crippen LogP contribution is -2.79. The van der Waals surface area contributed by atoms with Crippen LogP contribution in [0.15, 0.2) is 55.1 Å². The van der Waals surface area contributed by atoms with Gasteiger partial charge in [-0.3, -0.25) is 19.3 Å². The van der Waals surface area contributed by atoms with Crippen LogP contribution in [0.4, 0.5) is 0 Å². The normalized spacial score (nSPS) is 28.9. The fourth-order valence-corrected chi connectivity index (χ4v) is 8.27. The van der Waals surface area contributed by atoms with Crippen LogP contribution in [0.3, 0.4) is 0 Å². The van der Waals surface area contributed by atoms with Crippen molar-refractivity contribution in [3.8, 4) is 11.5 Å². The van der Waals surface area contributed by atoms with Crippen LogP contribution in [0.1, 0.15) is 55.4 Å². The highest BCUT2D eigenvalue weighted by Crippen LogP contribution is 2.67. The molecule has 2 aliphatic heterocycles. The zero-order valence-corrected chi connectivity index (χ0v) is 24.7. The molecule has 8 nitrogen and oxygen atoms in total. The number of likely N-dealkylation sites (tertiary alicyclic amines) is 1. The Bertz CT molecular complexity index is 1500. The van der Waals surface area contributed by atoms with Crippen molar-refractivity contribution in [3.05, 3.63) is 77.4 Å². The van der Waals surface area contributed by atoms with Crippen molar-refractivity contribution in [2.24, 2.45) is 0 Å². The maximum atomic E-state index is 13.6. The van der Waals surface area contributed by atoms with Crippen LogP contribution >= 0.6 is 0 Å². The van der Waals surface area contributed by atoms with Crippen LogP contribution in [-0.4, -0.2) is 71.6 Å². The Morgan fingerprint density at radius 2 is 1.98 bits per heavy atom. The molecule has 2 unspecified atom stereocenters. The van der Waals surface area contributed by atoms with E-state index in [4.69, 9.17) is 14.2 Å². The number of nitrogens with zero attached hydrogens (tertiary/aromatic N) is 2. The molecule has 0 N–H and O–H groups in total. The summed E-state index contributed by atoms with van der Waals surface area (Å²) in [5.41, 5.74) is 2.56. The Labute approximate surface area is 246 Å². The molecule has 2 heterocycles. The first kappa shape index (κ1) is 28.2. The summed E-state index contributed by atoms with van der Waals surface area (Å²) in [7, 11) is 1.82. The maximum Gasteiger partial charge on any atom is 0.308 e. The van der Waals surface area contributed by atoms with Gasteiger partial charge in [-0.2, -0.15) is 0 Å². The number of ether oxygens (including phenoxy) is 3. The smallest absolute Gasteiger partial charge is 0.308 e. The lowest BCUT2D eigenvalue weighted by Gasteiger charge is -2.65. The second-order valence-corrected chi connectivity index (χ2v) is 12.1. The van der Waals surface area contributed by atoms with Gasteiger partial charge in [-0.25, -0.2) is 0 Å². The van der Waals surface area contributed by atoms with Gasteiger partial charge in [0.1, 0.15) is 11.7 Å². The van der Waals surface area contributed by atoms with E-state index in [0.717, 1.165) is 28.8 Å². The zero-order chi connectivity index (χ0) is 29.8. The first-order valence-corrected chi connectivity index (χ1v) is 14.7. The molecular formula is C34H38N2O6. The molecule has 1 spiro atoms. The number of carbonyl (C=O) groups is 3. The molecule has 4 aliphatic rings. The molecule has 5 atom stereocenters. The number of piperidine rings is 1. The summed E-state index contributed by atoms with van der Waals surface area (Å²) in [6, 6.07) is 11.4. The van der Waals surface area contributed by atoms with E-state index < -0.39 is 23.1 Å². The van der Waals surface area contributed by atoms with Crippen LogP contribution < -0.4 is 9.47 Å². The van der Waals surface area contributed by atoms with Gasteiger partial charge in [-0.05, 0) is 55.9 Å². The molecule has 0 aromatic heterocycles. The minimum absolute atomic E-state index is 0.0829. The number of carbonyl (C=O) groups excluding carboxylic acids is 3. The van der Waals surface area contributed by atoms with Gasteiger partial charge in [0.2, 0.25) is 5.91 Å². The van der Waals surface area contributed by atoms with Gasteiger partial charge >= 0.3 is 11.9 Å². The first-order chi connectivity index (χ1) is 20.1. The zero-order valence-electron chi connectivity index (χ0n) is 24.7. The predicted molar refractivity (Wildman–Crippen MR) is 158 cm³/mol. The van der Waals surface area contributed by atoms with Crippen molar-refractivity contribution < 1.29 is 28.6 Å². The molecular weight excluding hydrogens is 532 g/mol. The summed E-state index contributed by atoms with van der Waals surface area (Å²) in [5, 5.41) is 0. The Kier molecular flexibility index (Phi) is 7.00. The third-order valence-electron chi connectivity index (χ3n) is 9.74. The van der Waals surface area contributed by atoms with Crippen LogP contribution in [0.2, 0.25) is 0 Å². The SMILES string of the molecule is C=CCN1CC[C@]23c4c5ccc(OC(C)=O)c4OC2C(N(C)C(=O)/C=C/c2cccc(C)c2)CC[C@@]3(OC(C)=O)[C@H]1C5. The summed E-state index contributed by atoms with van der Waals surface area (Å²) >= 11 is 0. The van der Waals surface area contributed by atoms with E-state index in [0.29, 0.717) is 43.7 Å². The Hall–Kier alpha value is -3.91. The summed E-state index contributed by atoms with van der Waals surface area (Å²) in [4.78, 5) is 42.6. The molecule has 220 valence electrons. The van der Waals surface area contributed by atoms with E-state index in [2.05, 4.69) is 11.5 Å². The summed E-state index contributed by atoms with van der Waals surface area (Å²) < 4.78 is 19.0. The molecule has 0 radical (unpaired) electrons. The molecule has 2 fully saturated rings. The van der Waals surface area contributed by atoms with E-state index in [9.17, 15) is 14.4 Å². The quantitative estimate of drug-likeness (QED) is 0.212. The summed E-state index contributed by atoms with van der Waals surface area (Å²) in [6.45, 7) is 10.3. The van der Waals surface area contributed by atoms with Crippen molar-refractivity contribution in [3.63, 3.8) is 0 Å². The van der Waals surface area contributed by atoms with Crippen molar-refractivity contribution in [1.82, 2.24) is 9.80 Å². The van der Waals surface area contributed by atoms with Gasteiger partial charge in [0, 0.05) is 45.6 Å². The van der Waals surface area contributed by atoms with Crippen molar-refractivity contribution in [1.29, 1.82) is 0 Å². The Balaban J connectivity index is 1.46. The average molecular weight is 571 g/mol. The second-order valence-electron chi connectivity index (χ2n) is 12.1. The van der Waals surface area contributed by atoms with E-state index in [1.165, 1.54) is 13.8 Å². The number of rotatable bonds is 7. The van der Waals surface area contributed by atoms with Crippen molar-refractivity contribution >= 4 is 23.9 Å². The van der Waals surface area contributed by atoms with E-state index in [-0.39, 0.29) is 24.0 Å². The van der Waals surface area contributed by atoms with Gasteiger partial charge in [-0.1, -0.05) is 42.0 Å². The summed E-state index contributed by atoms with van der Waals surface area (Å²) in [5.74, 6) is -0.0124. The van der Waals surface area contributed by atoms with Crippen molar-refractivity contribution in [2.75, 3.05) is 20.1 Å². The van der Waals surface area contributed by atoms with Gasteiger partial charge < -0.3 is 19.1 Å². The van der Waals surface area contributed by atoms with Gasteiger partial charge in [0.25, 0.3) is 0 Å². The van der Waals surface area contributed by atoms with Gasteiger partial charge in [0.15, 0.2) is 11.5 Å². The molecule has 1 amide bonds. The van der Waals surface area contributed by atoms with E-state index >= 15 is 0 Å². The molecule has 8 heteroatoms. The highest BCUT2D eigenvalue weighted by atomic mass is 16.6. The highest BCUT2D eigenvalue weighted by molar-refractivity contribution is 5.92. The largest absolute Gasteiger partial charge is 0.483 e. The molecule has 2 bridgehead atoms. The standard InChI is InChI=1S/C34H38N2O6/c1-6-17-36-18-16-33-30-25-11-12-27(40-22(3)37)31(30)41-32(33)26(14-15-34(33,28(36)20-25)42-23(4)38)35(5)29(39)13-10-24-9-7-8-21(2)19-24/h6-13,19,26,28,32H,1,14-18,20H2,2-5H3/b13-10+/t26?,28-,32?,33+,34-/m1/s1. The summed E-state index contributed by atoms with van der Waals surface area (Å²) in [6.07, 6.45) is 7.33. The number of amides is 1. The third-order valence-corrected chi connectivity index (χ3v) is 9.74. The van der Waals surface area contributed by atoms with E-state index in [1.807, 2.05) is 56.5 Å². The number of hydrogen-bond acceptors (Lipinski definition) is 7. The van der Waals surface area contributed by atoms with Crippen LogP contribution in [0.5, 0.6) is 11.5 Å². The number of esters is 2. The number of likely N-dealkylation sites (N-methyl/N-ethyl adjacent to an activating group) is 1. The predicted octanol–water partition coefficient (Wildman–Crippen LogP) is 4.37. The average Bonchev–Trinajstić information content (AvgIpc) is 3.29. The van der Waals surface area contributed by atoms with Crippen LogP contribution in [0, 0.1) is 6.92 Å². The number of benzene rings is 2. The molecule has 1 saturated carbocycles. The fraction of sp³-hybridized carbons (Fsp3) is 0.441. The highest BCUT2D eigenvalue weighted by Gasteiger charge is 2.75. The van der Waals surface area contributed by atoms with E-state index in [1.54, 1.807) is 17.0 Å². The topological polar surface area (TPSA) is 85.4 Å². The van der Waals surface area contributed by atoms with Gasteiger partial charge in [0.05, 0.1) is 17.5 Å². The molecule has 1 saturated heterocycles. The molecule has 6 rings (SSSR count). The minimum atomic E-state index is -0.865. The lowest BCUT2D eigenvalue weighted by molar-refractivity contribution is -0.222. The van der Waals surface area contributed by atoms with Gasteiger partial charge in [-0.15, -0.1) is 6.58 Å². The molecule has 2 aromatic rings. The Morgan fingerprint density at radius 3 is 2.69 bits per heavy atom. The number of aryl methyl sites for hydroxylation is 1. The Morgan fingerprint density at radius 1 is 1.17 bits per heavy atom. The van der Waals surface area contributed by atoms with Crippen LogP contribution in [-0.2, 0) is 31.0 Å². The third kappa shape index (κ3) is 4.18. The molecule has 2 aliphatic carbocycles. The minimum Gasteiger partial charge on any atom is -0.483 e. The van der Waals surface area contributed by atoms with Crippen LogP contribution in [0.25, 0.3) is 6.08 Å². The molecule has 42 heavy (non-hydrogen) atoms. The lowest BCUT2D eigenvalue weighted by atomic mass is 9.48. The number of hydrogen-bond donors (Lipinski definition) is 0. The van der Waals surface area contributed by atoms with Crippen molar-refractivity contribution in [2.45, 2.75) is 75.7 Å². The maximum absolute atomic E-state index is 13.6. The fourth-order valence-electron chi connectivity index (χ4n) is 8.27. The molecule has 2 aromatic carbocycles. The second kappa shape index (κ2) is 10.4. The first-order valence-electron chi connectivity index (χ1n) is 14.7.